The second-order valence-corrected chi connectivity index (χ2v) is 8.10. The maximum absolute atomic E-state index is 13.1. The smallest absolute Gasteiger partial charge is 0.278 e. The van der Waals surface area contributed by atoms with E-state index >= 15 is 0 Å². The van der Waals surface area contributed by atoms with Crippen LogP contribution in [0.5, 0.6) is 5.75 Å². The van der Waals surface area contributed by atoms with E-state index in [1.165, 1.54) is 0 Å². The highest BCUT2D eigenvalue weighted by molar-refractivity contribution is 6.02. The molecule has 5 rings (SSSR count). The van der Waals surface area contributed by atoms with Crippen molar-refractivity contribution in [2.75, 3.05) is 12.4 Å². The molecule has 0 saturated heterocycles. The lowest BCUT2D eigenvalue weighted by Crippen LogP contribution is -2.15. The van der Waals surface area contributed by atoms with Gasteiger partial charge in [-0.15, -0.1) is 5.10 Å². The number of ether oxygens (including phenoxy) is 1. The van der Waals surface area contributed by atoms with E-state index in [1.807, 2.05) is 91.9 Å². The molecular formula is C27H24N6O2. The maximum atomic E-state index is 13.1. The average Bonchev–Trinajstić information content (AvgIpc) is 3.52. The minimum atomic E-state index is -0.371. The lowest BCUT2D eigenvalue weighted by molar-refractivity contribution is 0.102. The Morgan fingerprint density at radius 3 is 2.49 bits per heavy atom. The molecule has 2 heterocycles. The van der Waals surface area contributed by atoms with E-state index in [-0.39, 0.29) is 11.6 Å². The molecule has 8 nitrogen and oxygen atoms in total. The van der Waals surface area contributed by atoms with Crippen LogP contribution < -0.4 is 10.1 Å². The zero-order valence-electron chi connectivity index (χ0n) is 19.4. The van der Waals surface area contributed by atoms with E-state index in [0.717, 1.165) is 22.4 Å². The number of carbonyl (C=O) groups excluding carboxylic acids is 1. The third kappa shape index (κ3) is 4.81. The molecule has 0 radical (unpaired) electrons. The van der Waals surface area contributed by atoms with Crippen molar-refractivity contribution < 1.29 is 9.53 Å². The molecule has 1 N–H and O–H groups in total. The molecule has 0 aliphatic rings. The Labute approximate surface area is 202 Å². The summed E-state index contributed by atoms with van der Waals surface area (Å²) in [5.41, 5.74) is 4.74. The molecule has 0 atom stereocenters. The van der Waals surface area contributed by atoms with Crippen LogP contribution >= 0.6 is 0 Å². The summed E-state index contributed by atoms with van der Waals surface area (Å²) in [7, 11) is 1.62. The molecule has 3 aromatic carbocycles. The molecule has 0 aliphatic heterocycles. The number of hydrogen-bond acceptors (Lipinski definition) is 5. The van der Waals surface area contributed by atoms with Gasteiger partial charge in [0.25, 0.3) is 5.91 Å². The van der Waals surface area contributed by atoms with Crippen LogP contribution in [-0.4, -0.2) is 37.8 Å². The van der Waals surface area contributed by atoms with Crippen molar-refractivity contribution in [3.63, 3.8) is 0 Å². The number of nitrogens with one attached hydrogen (secondary N) is 1. The van der Waals surface area contributed by atoms with Gasteiger partial charge in [0.2, 0.25) is 0 Å². The summed E-state index contributed by atoms with van der Waals surface area (Å²) in [6.45, 7) is 2.55. The highest BCUT2D eigenvalue weighted by Crippen LogP contribution is 2.31. The van der Waals surface area contributed by atoms with Crippen LogP contribution in [0.1, 0.15) is 21.6 Å². The second-order valence-electron chi connectivity index (χ2n) is 8.10. The topological polar surface area (TPSA) is 86.9 Å². The van der Waals surface area contributed by atoms with E-state index in [9.17, 15) is 4.79 Å². The van der Waals surface area contributed by atoms with Crippen molar-refractivity contribution in [3.05, 3.63) is 108 Å². The number of nitrogens with zero attached hydrogens (tertiary/aromatic N) is 5. The lowest BCUT2D eigenvalue weighted by Gasteiger charge is -2.08. The van der Waals surface area contributed by atoms with E-state index in [2.05, 4.69) is 15.6 Å². The van der Waals surface area contributed by atoms with Gasteiger partial charge in [-0.05, 0) is 36.8 Å². The number of hydrogen-bond donors (Lipinski definition) is 1. The lowest BCUT2D eigenvalue weighted by atomic mass is 10.1. The first-order valence-electron chi connectivity index (χ1n) is 11.2. The van der Waals surface area contributed by atoms with Crippen molar-refractivity contribution in [1.29, 1.82) is 0 Å². The molecule has 0 unspecified atom stereocenters. The van der Waals surface area contributed by atoms with Gasteiger partial charge in [0.15, 0.2) is 5.69 Å². The van der Waals surface area contributed by atoms with E-state index < -0.39 is 0 Å². The summed E-state index contributed by atoms with van der Waals surface area (Å²) >= 11 is 0. The number of aryl methyl sites for hydroxylation is 1. The summed E-state index contributed by atoms with van der Waals surface area (Å²) in [4.78, 5) is 13.1. The number of anilines is 1. The van der Waals surface area contributed by atoms with E-state index in [1.54, 1.807) is 22.7 Å². The van der Waals surface area contributed by atoms with Crippen LogP contribution in [-0.2, 0) is 6.54 Å². The predicted octanol–water partition coefficient (Wildman–Crippen LogP) is 4.75. The number of para-hydroxylation sites is 1. The highest BCUT2D eigenvalue weighted by Gasteiger charge is 2.18. The fraction of sp³-hybridized carbons (Fsp3) is 0.111. The van der Waals surface area contributed by atoms with Crippen molar-refractivity contribution >= 4 is 11.7 Å². The van der Waals surface area contributed by atoms with Crippen molar-refractivity contribution in [1.82, 2.24) is 24.8 Å². The average molecular weight is 465 g/mol. The van der Waals surface area contributed by atoms with Crippen LogP contribution in [0.4, 0.5) is 5.82 Å². The van der Waals surface area contributed by atoms with E-state index in [0.29, 0.717) is 23.8 Å². The van der Waals surface area contributed by atoms with Crippen LogP contribution in [0.25, 0.3) is 16.9 Å². The first-order chi connectivity index (χ1) is 17.1. The summed E-state index contributed by atoms with van der Waals surface area (Å²) in [5, 5.41) is 15.9. The van der Waals surface area contributed by atoms with Gasteiger partial charge in [-0.25, -0.2) is 9.36 Å². The standard InChI is InChI=1S/C27H24N6O2/c1-19-12-14-21(15-13-19)33-26(16-23(30-33)22-10-6-7-11-25(22)35-2)28-27(34)24-18-32(31-29-24)17-20-8-4-3-5-9-20/h3-16,18H,17H2,1-2H3,(H,28,34). The highest BCUT2D eigenvalue weighted by atomic mass is 16.5. The number of rotatable bonds is 7. The van der Waals surface area contributed by atoms with Crippen LogP contribution in [0.15, 0.2) is 91.1 Å². The summed E-state index contributed by atoms with van der Waals surface area (Å²) < 4.78 is 8.86. The van der Waals surface area contributed by atoms with Gasteiger partial charge in [-0.3, -0.25) is 4.79 Å². The van der Waals surface area contributed by atoms with Gasteiger partial charge in [-0.2, -0.15) is 5.10 Å². The summed E-state index contributed by atoms with van der Waals surface area (Å²) in [6, 6.07) is 27.3. The predicted molar refractivity (Wildman–Crippen MR) is 134 cm³/mol. The van der Waals surface area contributed by atoms with Gasteiger partial charge >= 0.3 is 0 Å². The number of carbonyl (C=O) groups is 1. The van der Waals surface area contributed by atoms with Crippen molar-refractivity contribution in [2.45, 2.75) is 13.5 Å². The number of amides is 1. The Morgan fingerprint density at radius 1 is 0.971 bits per heavy atom. The monoisotopic (exact) mass is 464 g/mol. The Bertz CT molecular complexity index is 1450. The van der Waals surface area contributed by atoms with Gasteiger partial charge in [0.1, 0.15) is 11.6 Å². The number of aromatic nitrogens is 5. The normalized spacial score (nSPS) is 10.8. The molecule has 35 heavy (non-hydrogen) atoms. The summed E-state index contributed by atoms with van der Waals surface area (Å²) in [6.07, 6.45) is 1.63. The fourth-order valence-corrected chi connectivity index (χ4v) is 3.77. The Hall–Kier alpha value is -4.72. The van der Waals surface area contributed by atoms with Gasteiger partial charge in [0, 0.05) is 11.6 Å². The largest absolute Gasteiger partial charge is 0.496 e. The second kappa shape index (κ2) is 9.64. The van der Waals surface area contributed by atoms with Gasteiger partial charge < -0.3 is 10.1 Å². The minimum Gasteiger partial charge on any atom is -0.496 e. The Morgan fingerprint density at radius 2 is 1.71 bits per heavy atom. The molecule has 174 valence electrons. The van der Waals surface area contributed by atoms with E-state index in [4.69, 9.17) is 9.84 Å². The third-order valence-corrected chi connectivity index (χ3v) is 5.57. The molecule has 0 bridgehead atoms. The Balaban J connectivity index is 1.46. The Kier molecular flexibility index (Phi) is 6.09. The minimum absolute atomic E-state index is 0.219. The molecule has 0 spiro atoms. The molecule has 0 aliphatic carbocycles. The van der Waals surface area contributed by atoms with Crippen molar-refractivity contribution in [3.8, 4) is 22.7 Å². The first kappa shape index (κ1) is 22.1. The molecule has 2 aromatic heterocycles. The molecular weight excluding hydrogens is 440 g/mol. The molecule has 1 amide bonds. The zero-order chi connectivity index (χ0) is 24.2. The van der Waals surface area contributed by atoms with Crippen LogP contribution in [0, 0.1) is 6.92 Å². The maximum Gasteiger partial charge on any atom is 0.278 e. The number of benzene rings is 3. The number of methoxy groups -OCH3 is 1. The molecule has 8 heteroatoms. The first-order valence-corrected chi connectivity index (χ1v) is 11.2. The summed E-state index contributed by atoms with van der Waals surface area (Å²) in [5.74, 6) is 0.837. The third-order valence-electron chi connectivity index (χ3n) is 5.57. The molecule has 0 fully saturated rings. The quantitative estimate of drug-likeness (QED) is 0.376. The van der Waals surface area contributed by atoms with Crippen LogP contribution in [0.3, 0.4) is 0 Å². The van der Waals surface area contributed by atoms with Gasteiger partial charge in [-0.1, -0.05) is 65.4 Å². The SMILES string of the molecule is COc1ccccc1-c1cc(NC(=O)c2cn(Cc3ccccc3)nn2)n(-c2ccc(C)cc2)n1. The van der Waals surface area contributed by atoms with Crippen molar-refractivity contribution in [2.24, 2.45) is 0 Å². The fourth-order valence-electron chi connectivity index (χ4n) is 3.77. The zero-order valence-corrected chi connectivity index (χ0v) is 19.4. The molecule has 0 saturated carbocycles. The molecule has 5 aromatic rings. The van der Waals surface area contributed by atoms with Crippen LogP contribution in [0.2, 0.25) is 0 Å². The van der Waals surface area contributed by atoms with Gasteiger partial charge in [0.05, 0.1) is 31.2 Å².